The first-order valence-electron chi connectivity index (χ1n) is 9.90. The van der Waals surface area contributed by atoms with Crippen LogP contribution in [0, 0.1) is 0 Å². The molecule has 0 radical (unpaired) electrons. The van der Waals surface area contributed by atoms with Crippen LogP contribution in [0.2, 0.25) is 0 Å². The summed E-state index contributed by atoms with van der Waals surface area (Å²) < 4.78 is 16.8. The van der Waals surface area contributed by atoms with Crippen molar-refractivity contribution in [2.75, 3.05) is 37.0 Å². The molecule has 0 saturated carbocycles. The largest absolute Gasteiger partial charge is 0.494 e. The minimum Gasteiger partial charge on any atom is -0.494 e. The molecule has 2 N–H and O–H groups in total. The number of hydrogen-bond donors (Lipinski definition) is 2. The van der Waals surface area contributed by atoms with Crippen molar-refractivity contribution in [3.63, 3.8) is 0 Å². The maximum absolute atomic E-state index is 12.2. The zero-order valence-electron chi connectivity index (χ0n) is 17.0. The summed E-state index contributed by atoms with van der Waals surface area (Å²) in [6.07, 6.45) is 0. The Hall–Kier alpha value is -3.67. The van der Waals surface area contributed by atoms with E-state index in [-0.39, 0.29) is 12.5 Å². The Morgan fingerprint density at radius 1 is 0.733 bits per heavy atom. The quantitative estimate of drug-likeness (QED) is 0.456. The Bertz CT molecular complexity index is 931. The number of benzene rings is 3. The molecule has 3 aromatic rings. The second-order valence-electron chi connectivity index (χ2n) is 6.40. The molecule has 0 bridgehead atoms. The van der Waals surface area contributed by atoms with E-state index in [0.717, 1.165) is 17.2 Å². The standard InChI is InChI=1S/C24H26N2O4/c1-2-28-22-12-7-9-20(17-22)26-24(27)18-25-19-8-6-13-23(16-19)30-15-14-29-21-10-4-3-5-11-21/h3-13,16-17,25H,2,14-15,18H2,1H3,(H,26,27). The second kappa shape index (κ2) is 11.4. The molecule has 0 atom stereocenters. The zero-order chi connectivity index (χ0) is 21.0. The van der Waals surface area contributed by atoms with Crippen molar-refractivity contribution in [3.8, 4) is 17.2 Å². The molecule has 0 aliphatic carbocycles. The SMILES string of the molecule is CCOc1cccc(NC(=O)CNc2cccc(OCCOc3ccccc3)c2)c1. The Morgan fingerprint density at radius 2 is 1.33 bits per heavy atom. The van der Waals surface area contributed by atoms with Crippen molar-refractivity contribution in [2.45, 2.75) is 6.92 Å². The van der Waals surface area contributed by atoms with Gasteiger partial charge in [-0.1, -0.05) is 30.3 Å². The van der Waals surface area contributed by atoms with Gasteiger partial charge in [-0.15, -0.1) is 0 Å². The number of nitrogens with one attached hydrogen (secondary N) is 2. The van der Waals surface area contributed by atoms with E-state index in [1.165, 1.54) is 0 Å². The third-order valence-corrected chi connectivity index (χ3v) is 4.08. The molecule has 0 fully saturated rings. The molecular weight excluding hydrogens is 380 g/mol. The third-order valence-electron chi connectivity index (χ3n) is 4.08. The second-order valence-corrected chi connectivity index (χ2v) is 6.40. The Morgan fingerprint density at radius 3 is 2.07 bits per heavy atom. The van der Waals surface area contributed by atoms with Crippen molar-refractivity contribution in [2.24, 2.45) is 0 Å². The van der Waals surface area contributed by atoms with Gasteiger partial charge in [-0.05, 0) is 43.3 Å². The molecule has 6 nitrogen and oxygen atoms in total. The summed E-state index contributed by atoms with van der Waals surface area (Å²) in [6, 6.07) is 24.4. The number of carbonyl (C=O) groups is 1. The van der Waals surface area contributed by atoms with Crippen LogP contribution < -0.4 is 24.8 Å². The lowest BCUT2D eigenvalue weighted by atomic mass is 10.3. The fraction of sp³-hybridized carbons (Fsp3) is 0.208. The highest BCUT2D eigenvalue weighted by Gasteiger charge is 2.04. The van der Waals surface area contributed by atoms with Gasteiger partial charge in [0.25, 0.3) is 0 Å². The van der Waals surface area contributed by atoms with Crippen molar-refractivity contribution < 1.29 is 19.0 Å². The Kier molecular flexibility index (Phi) is 7.97. The van der Waals surface area contributed by atoms with Crippen molar-refractivity contribution in [3.05, 3.63) is 78.9 Å². The van der Waals surface area contributed by atoms with E-state index in [0.29, 0.717) is 31.3 Å². The molecule has 6 heteroatoms. The van der Waals surface area contributed by atoms with Gasteiger partial charge in [0.2, 0.25) is 5.91 Å². The van der Waals surface area contributed by atoms with Crippen LogP contribution >= 0.6 is 0 Å². The van der Waals surface area contributed by atoms with Crippen LogP contribution in [0.15, 0.2) is 78.9 Å². The highest BCUT2D eigenvalue weighted by Crippen LogP contribution is 2.19. The summed E-state index contributed by atoms with van der Waals surface area (Å²) in [6.45, 7) is 3.51. The first kappa shape index (κ1) is 21.0. The number of ether oxygens (including phenoxy) is 3. The summed E-state index contributed by atoms with van der Waals surface area (Å²) >= 11 is 0. The zero-order valence-corrected chi connectivity index (χ0v) is 17.0. The maximum Gasteiger partial charge on any atom is 0.243 e. The summed E-state index contributed by atoms with van der Waals surface area (Å²) in [7, 11) is 0. The minimum atomic E-state index is -0.147. The number of hydrogen-bond acceptors (Lipinski definition) is 5. The van der Waals surface area contributed by atoms with Crippen LogP contribution in [-0.2, 0) is 4.79 Å². The van der Waals surface area contributed by atoms with E-state index in [1.807, 2.05) is 79.7 Å². The molecule has 0 unspecified atom stereocenters. The molecule has 156 valence electrons. The Labute approximate surface area is 176 Å². The van der Waals surface area contributed by atoms with Gasteiger partial charge in [0, 0.05) is 23.5 Å². The van der Waals surface area contributed by atoms with Gasteiger partial charge in [-0.2, -0.15) is 0 Å². The molecule has 0 heterocycles. The van der Waals surface area contributed by atoms with E-state index in [4.69, 9.17) is 14.2 Å². The molecular formula is C24H26N2O4. The fourth-order valence-electron chi connectivity index (χ4n) is 2.75. The van der Waals surface area contributed by atoms with Crippen LogP contribution in [0.1, 0.15) is 6.92 Å². The normalized spacial score (nSPS) is 10.2. The Balaban J connectivity index is 1.42. The monoisotopic (exact) mass is 406 g/mol. The lowest BCUT2D eigenvalue weighted by Gasteiger charge is -2.11. The predicted octanol–water partition coefficient (Wildman–Crippen LogP) is 4.59. The van der Waals surface area contributed by atoms with Gasteiger partial charge in [0.15, 0.2) is 0 Å². The van der Waals surface area contributed by atoms with Crippen LogP contribution in [0.25, 0.3) is 0 Å². The molecule has 3 aromatic carbocycles. The van der Waals surface area contributed by atoms with Gasteiger partial charge in [-0.25, -0.2) is 0 Å². The van der Waals surface area contributed by atoms with Gasteiger partial charge in [-0.3, -0.25) is 4.79 Å². The summed E-state index contributed by atoms with van der Waals surface area (Å²) in [4.78, 5) is 12.2. The number of amides is 1. The minimum absolute atomic E-state index is 0.138. The molecule has 3 rings (SSSR count). The van der Waals surface area contributed by atoms with E-state index in [2.05, 4.69) is 10.6 Å². The van der Waals surface area contributed by atoms with Crippen LogP contribution in [0.5, 0.6) is 17.2 Å². The molecule has 0 saturated heterocycles. The van der Waals surface area contributed by atoms with Crippen molar-refractivity contribution in [1.82, 2.24) is 0 Å². The molecule has 0 aromatic heterocycles. The lowest BCUT2D eigenvalue weighted by molar-refractivity contribution is -0.114. The first-order chi connectivity index (χ1) is 14.7. The van der Waals surface area contributed by atoms with Gasteiger partial charge in [0.05, 0.1) is 13.2 Å². The lowest BCUT2D eigenvalue weighted by Crippen LogP contribution is -2.21. The average Bonchev–Trinajstić information content (AvgIpc) is 2.77. The molecule has 30 heavy (non-hydrogen) atoms. The van der Waals surface area contributed by atoms with E-state index in [1.54, 1.807) is 6.07 Å². The van der Waals surface area contributed by atoms with E-state index >= 15 is 0 Å². The topological polar surface area (TPSA) is 68.8 Å². The molecule has 0 spiro atoms. The van der Waals surface area contributed by atoms with E-state index < -0.39 is 0 Å². The van der Waals surface area contributed by atoms with Crippen LogP contribution in [0.3, 0.4) is 0 Å². The molecule has 0 aliphatic heterocycles. The number of anilines is 2. The summed E-state index contributed by atoms with van der Waals surface area (Å²) in [5.41, 5.74) is 1.50. The average molecular weight is 406 g/mol. The molecule has 1 amide bonds. The number of para-hydroxylation sites is 1. The maximum atomic E-state index is 12.2. The smallest absolute Gasteiger partial charge is 0.243 e. The van der Waals surface area contributed by atoms with Gasteiger partial charge in [0.1, 0.15) is 30.5 Å². The summed E-state index contributed by atoms with van der Waals surface area (Å²) in [5, 5.41) is 5.96. The van der Waals surface area contributed by atoms with Crippen LogP contribution in [0.4, 0.5) is 11.4 Å². The number of rotatable bonds is 11. The highest BCUT2D eigenvalue weighted by atomic mass is 16.5. The molecule has 0 aliphatic rings. The highest BCUT2D eigenvalue weighted by molar-refractivity contribution is 5.93. The fourth-order valence-corrected chi connectivity index (χ4v) is 2.75. The van der Waals surface area contributed by atoms with Crippen molar-refractivity contribution >= 4 is 17.3 Å². The number of carbonyl (C=O) groups excluding carboxylic acids is 1. The first-order valence-corrected chi connectivity index (χ1v) is 9.90. The van der Waals surface area contributed by atoms with Crippen LogP contribution in [-0.4, -0.2) is 32.3 Å². The van der Waals surface area contributed by atoms with Gasteiger partial charge >= 0.3 is 0 Å². The summed E-state index contributed by atoms with van der Waals surface area (Å²) in [5.74, 6) is 2.10. The third kappa shape index (κ3) is 7.05. The van der Waals surface area contributed by atoms with E-state index in [9.17, 15) is 4.79 Å². The predicted molar refractivity (Wildman–Crippen MR) is 119 cm³/mol. The van der Waals surface area contributed by atoms with Gasteiger partial charge < -0.3 is 24.8 Å². The van der Waals surface area contributed by atoms with Crippen molar-refractivity contribution in [1.29, 1.82) is 0 Å².